The number of β-amino-alcohol motifs (C(OH)–C–C–N with tert-alkyl or cyclic N) is 1. The Morgan fingerprint density at radius 2 is 1.86 bits per heavy atom. The van der Waals surface area contributed by atoms with Gasteiger partial charge >= 0.3 is 0 Å². The van der Waals surface area contributed by atoms with E-state index in [0.29, 0.717) is 12.8 Å². The number of aryl methyl sites for hydroxylation is 1. The van der Waals surface area contributed by atoms with Crippen molar-refractivity contribution in [3.8, 4) is 10.4 Å². The number of rotatable bonds is 8. The molecule has 3 rings (SSSR count). The van der Waals surface area contributed by atoms with Gasteiger partial charge in [-0.1, -0.05) is 52.0 Å². The highest BCUT2D eigenvalue weighted by Gasteiger charge is 2.44. The van der Waals surface area contributed by atoms with E-state index in [1.54, 1.807) is 11.3 Å². The number of nitrogens with zero attached hydrogens (tertiary/aromatic N) is 2. The molecule has 1 aliphatic rings. The molecule has 2 heterocycles. The maximum atomic E-state index is 13.5. The Balaban J connectivity index is 1.72. The van der Waals surface area contributed by atoms with Gasteiger partial charge in [0.25, 0.3) is 0 Å². The van der Waals surface area contributed by atoms with Crippen LogP contribution in [0.2, 0.25) is 0 Å². The fourth-order valence-electron chi connectivity index (χ4n) is 4.48. The summed E-state index contributed by atoms with van der Waals surface area (Å²) in [4.78, 5) is 46.0. The highest BCUT2D eigenvalue weighted by atomic mass is 32.1. The number of aliphatic hydroxyl groups is 1. The van der Waals surface area contributed by atoms with Crippen molar-refractivity contribution >= 4 is 29.1 Å². The lowest BCUT2D eigenvalue weighted by Crippen LogP contribution is -2.57. The van der Waals surface area contributed by atoms with Crippen LogP contribution in [0.25, 0.3) is 10.4 Å². The zero-order chi connectivity index (χ0) is 26.6. The van der Waals surface area contributed by atoms with Gasteiger partial charge in [0.2, 0.25) is 17.7 Å². The molecule has 8 nitrogen and oxygen atoms in total. The first kappa shape index (κ1) is 27.8. The number of thiazole rings is 1. The van der Waals surface area contributed by atoms with Crippen LogP contribution in [0.5, 0.6) is 0 Å². The average Bonchev–Trinajstić information content (AvgIpc) is 3.42. The quantitative estimate of drug-likeness (QED) is 0.499. The Hall–Kier alpha value is -2.78. The van der Waals surface area contributed by atoms with Gasteiger partial charge in [-0.2, -0.15) is 0 Å². The number of aliphatic hydroxyl groups excluding tert-OH is 1. The summed E-state index contributed by atoms with van der Waals surface area (Å²) in [5.74, 6) is -0.861. The fourth-order valence-corrected chi connectivity index (χ4v) is 5.29. The molecule has 196 valence electrons. The van der Waals surface area contributed by atoms with E-state index in [-0.39, 0.29) is 36.7 Å². The molecule has 1 aromatic carbocycles. The Morgan fingerprint density at radius 3 is 2.42 bits per heavy atom. The van der Waals surface area contributed by atoms with Gasteiger partial charge in [0.15, 0.2) is 0 Å². The van der Waals surface area contributed by atoms with Gasteiger partial charge < -0.3 is 20.6 Å². The Bertz CT molecular complexity index is 1080. The number of carbonyl (C=O) groups excluding carboxylic acids is 3. The number of likely N-dealkylation sites (tertiary alicyclic amines) is 1. The van der Waals surface area contributed by atoms with Crippen LogP contribution < -0.4 is 10.6 Å². The van der Waals surface area contributed by atoms with Crippen LogP contribution in [0.3, 0.4) is 0 Å². The maximum absolute atomic E-state index is 13.5. The van der Waals surface area contributed by atoms with E-state index in [9.17, 15) is 19.5 Å². The zero-order valence-corrected chi connectivity index (χ0v) is 22.8. The van der Waals surface area contributed by atoms with E-state index in [0.717, 1.165) is 21.7 Å². The molecular weight excluding hydrogens is 476 g/mol. The van der Waals surface area contributed by atoms with Crippen LogP contribution in [0.4, 0.5) is 0 Å². The van der Waals surface area contributed by atoms with Crippen LogP contribution >= 0.6 is 11.3 Å². The highest BCUT2D eigenvalue weighted by Crippen LogP contribution is 2.29. The van der Waals surface area contributed by atoms with Crippen molar-refractivity contribution in [1.29, 1.82) is 0 Å². The molecule has 0 spiro atoms. The molecule has 0 radical (unpaired) electrons. The molecule has 0 bridgehead atoms. The van der Waals surface area contributed by atoms with Gasteiger partial charge in [0, 0.05) is 19.4 Å². The molecule has 2 aromatic rings. The molecule has 1 aromatic heterocycles. The molecule has 1 saturated heterocycles. The van der Waals surface area contributed by atoms with Gasteiger partial charge in [-0.3, -0.25) is 14.4 Å². The third-order valence-electron chi connectivity index (χ3n) is 6.54. The standard InChI is InChI=1S/C27H38N4O4S/c1-7-8-22(33)30-24(27(4,5)6)26(35)31-14-20(32)13-21(31)25(34)29-16(2)18-9-11-19(12-10-18)23-17(3)28-15-36-23/h9-12,15-16,20-21,24,32H,7-8,13-14H2,1-6H3,(H,29,34)(H,30,33)/t16-,20+,21-,24?/m0/s1. The summed E-state index contributed by atoms with van der Waals surface area (Å²) in [6.45, 7) is 11.5. The molecule has 9 heteroatoms. The largest absolute Gasteiger partial charge is 0.391 e. The molecule has 1 unspecified atom stereocenters. The van der Waals surface area contributed by atoms with Crippen LogP contribution in [0, 0.1) is 12.3 Å². The van der Waals surface area contributed by atoms with Crippen molar-refractivity contribution in [2.24, 2.45) is 5.41 Å². The maximum Gasteiger partial charge on any atom is 0.246 e. The minimum absolute atomic E-state index is 0.0599. The van der Waals surface area contributed by atoms with Crippen molar-refractivity contribution in [1.82, 2.24) is 20.5 Å². The summed E-state index contributed by atoms with van der Waals surface area (Å²) in [6, 6.07) is 6.10. The first-order valence-corrected chi connectivity index (χ1v) is 13.4. The molecule has 4 atom stereocenters. The van der Waals surface area contributed by atoms with Crippen LogP contribution in [-0.2, 0) is 14.4 Å². The van der Waals surface area contributed by atoms with Crippen LogP contribution in [0.1, 0.15) is 71.2 Å². The first-order chi connectivity index (χ1) is 16.9. The van der Waals surface area contributed by atoms with Crippen molar-refractivity contribution in [3.05, 3.63) is 41.0 Å². The SMILES string of the molecule is CCCC(=O)NC(C(=O)N1C[C@H](O)C[C@H]1C(=O)N[C@@H](C)c1ccc(-c2scnc2C)cc1)C(C)(C)C. The topological polar surface area (TPSA) is 112 Å². The van der Waals surface area contributed by atoms with Crippen molar-refractivity contribution in [2.75, 3.05) is 6.54 Å². The summed E-state index contributed by atoms with van der Waals surface area (Å²) in [5, 5.41) is 16.2. The molecule has 0 saturated carbocycles. The first-order valence-electron chi connectivity index (χ1n) is 12.5. The Kier molecular flexibility index (Phi) is 8.89. The van der Waals surface area contributed by atoms with E-state index in [1.165, 1.54) is 4.90 Å². The van der Waals surface area contributed by atoms with Gasteiger partial charge in [-0.25, -0.2) is 4.98 Å². The van der Waals surface area contributed by atoms with Crippen LogP contribution in [-0.4, -0.2) is 57.4 Å². The number of carbonyl (C=O) groups is 3. The number of aromatic nitrogens is 1. The minimum atomic E-state index is -0.804. The van der Waals surface area contributed by atoms with Gasteiger partial charge in [0.1, 0.15) is 12.1 Å². The monoisotopic (exact) mass is 514 g/mol. The second-order valence-corrected chi connectivity index (χ2v) is 11.5. The molecule has 0 aliphatic carbocycles. The number of nitrogens with one attached hydrogen (secondary N) is 2. The summed E-state index contributed by atoms with van der Waals surface area (Å²) in [5.41, 5.74) is 4.26. The molecule has 1 aliphatic heterocycles. The number of hydrogen-bond donors (Lipinski definition) is 3. The summed E-state index contributed by atoms with van der Waals surface area (Å²) >= 11 is 1.59. The highest BCUT2D eigenvalue weighted by molar-refractivity contribution is 7.13. The zero-order valence-electron chi connectivity index (χ0n) is 22.0. The number of amides is 3. The van der Waals surface area contributed by atoms with Crippen molar-refractivity contribution < 1.29 is 19.5 Å². The smallest absolute Gasteiger partial charge is 0.246 e. The minimum Gasteiger partial charge on any atom is -0.391 e. The predicted octanol–water partition coefficient (Wildman–Crippen LogP) is 3.59. The molecule has 3 amide bonds. The van der Waals surface area contributed by atoms with E-state index in [1.807, 2.05) is 71.3 Å². The van der Waals surface area contributed by atoms with Crippen LogP contribution in [0.15, 0.2) is 29.8 Å². The second-order valence-electron chi connectivity index (χ2n) is 10.6. The van der Waals surface area contributed by atoms with Gasteiger partial charge in [-0.05, 0) is 36.8 Å². The van der Waals surface area contributed by atoms with E-state index >= 15 is 0 Å². The van der Waals surface area contributed by atoms with Crippen molar-refractivity contribution in [3.63, 3.8) is 0 Å². The molecular formula is C27H38N4O4S. The second kappa shape index (κ2) is 11.5. The number of hydrogen-bond acceptors (Lipinski definition) is 6. The average molecular weight is 515 g/mol. The lowest BCUT2D eigenvalue weighted by molar-refractivity contribution is -0.144. The Morgan fingerprint density at radius 1 is 1.19 bits per heavy atom. The third kappa shape index (κ3) is 6.50. The summed E-state index contributed by atoms with van der Waals surface area (Å²) in [6.07, 6.45) is 0.361. The van der Waals surface area contributed by atoms with E-state index < -0.39 is 23.6 Å². The fraction of sp³-hybridized carbons (Fsp3) is 0.556. The number of benzene rings is 1. The molecule has 1 fully saturated rings. The lowest BCUT2D eigenvalue weighted by atomic mass is 9.85. The Labute approximate surface area is 217 Å². The predicted molar refractivity (Wildman–Crippen MR) is 141 cm³/mol. The lowest BCUT2D eigenvalue weighted by Gasteiger charge is -2.35. The van der Waals surface area contributed by atoms with E-state index in [2.05, 4.69) is 15.6 Å². The summed E-state index contributed by atoms with van der Waals surface area (Å²) in [7, 11) is 0. The van der Waals surface area contributed by atoms with Gasteiger partial charge in [-0.15, -0.1) is 11.3 Å². The third-order valence-corrected chi connectivity index (χ3v) is 7.51. The molecule has 36 heavy (non-hydrogen) atoms. The van der Waals surface area contributed by atoms with Crippen molar-refractivity contribution in [2.45, 2.75) is 85.0 Å². The summed E-state index contributed by atoms with van der Waals surface area (Å²) < 4.78 is 0. The van der Waals surface area contributed by atoms with Gasteiger partial charge in [0.05, 0.1) is 28.2 Å². The van der Waals surface area contributed by atoms with E-state index in [4.69, 9.17) is 0 Å². The normalized spacial score (nSPS) is 19.6. The molecule has 3 N–H and O–H groups in total.